The van der Waals surface area contributed by atoms with Gasteiger partial charge in [-0.15, -0.1) is 0 Å². The van der Waals surface area contributed by atoms with Gasteiger partial charge >= 0.3 is 5.97 Å². The third kappa shape index (κ3) is 5.73. The van der Waals surface area contributed by atoms with Gasteiger partial charge in [-0.05, 0) is 49.7 Å². The Bertz CT molecular complexity index is 716. The van der Waals surface area contributed by atoms with Gasteiger partial charge in [0.2, 0.25) is 0 Å². The van der Waals surface area contributed by atoms with E-state index in [1.165, 1.54) is 12.1 Å². The number of phenolic OH excluding ortho intramolecular Hbond substituents is 1. The van der Waals surface area contributed by atoms with Crippen molar-refractivity contribution in [2.75, 3.05) is 13.2 Å². The smallest absolute Gasteiger partial charge is 0.305 e. The van der Waals surface area contributed by atoms with E-state index in [9.17, 15) is 9.90 Å². The number of carbonyl (C=O) groups excluding carboxylic acids is 1. The van der Waals surface area contributed by atoms with Crippen molar-refractivity contribution in [1.29, 1.82) is 0 Å². The maximum Gasteiger partial charge on any atom is 0.305 e. The molecule has 0 saturated heterocycles. The Hall–Kier alpha value is -2.11. The van der Waals surface area contributed by atoms with Crippen LogP contribution in [0.5, 0.6) is 23.0 Å². The second-order valence-electron chi connectivity index (χ2n) is 5.04. The fraction of sp³-hybridized carbons (Fsp3) is 0.278. The average Bonchev–Trinajstić information content (AvgIpc) is 2.59. The van der Waals surface area contributed by atoms with Crippen LogP contribution in [-0.4, -0.2) is 24.3 Å². The lowest BCUT2D eigenvalue weighted by Gasteiger charge is -2.13. The van der Waals surface area contributed by atoms with Crippen molar-refractivity contribution in [2.45, 2.75) is 19.8 Å². The molecular formula is C18H18Cl2O5. The maximum atomic E-state index is 11.3. The summed E-state index contributed by atoms with van der Waals surface area (Å²) in [5.74, 6) is 1.18. The predicted molar refractivity (Wildman–Crippen MR) is 96.0 cm³/mol. The van der Waals surface area contributed by atoms with Crippen molar-refractivity contribution in [2.24, 2.45) is 0 Å². The Morgan fingerprint density at radius 3 is 2.36 bits per heavy atom. The second kappa shape index (κ2) is 9.39. The fourth-order valence-corrected chi connectivity index (χ4v) is 2.38. The molecule has 0 spiro atoms. The molecule has 134 valence electrons. The van der Waals surface area contributed by atoms with Gasteiger partial charge in [-0.25, -0.2) is 0 Å². The first-order valence-electron chi connectivity index (χ1n) is 7.74. The van der Waals surface area contributed by atoms with E-state index in [2.05, 4.69) is 0 Å². The molecule has 0 bridgehead atoms. The molecule has 0 aromatic heterocycles. The number of ether oxygens (including phenoxy) is 3. The molecule has 0 atom stereocenters. The van der Waals surface area contributed by atoms with Gasteiger partial charge in [-0.2, -0.15) is 0 Å². The first-order valence-corrected chi connectivity index (χ1v) is 8.50. The third-order valence-electron chi connectivity index (χ3n) is 3.16. The van der Waals surface area contributed by atoms with E-state index in [0.717, 1.165) is 0 Å². The van der Waals surface area contributed by atoms with Gasteiger partial charge in [0, 0.05) is 6.42 Å². The number of aromatic hydroxyl groups is 1. The van der Waals surface area contributed by atoms with Gasteiger partial charge in [0.05, 0.1) is 13.2 Å². The Kier molecular flexibility index (Phi) is 7.22. The Labute approximate surface area is 156 Å². The Morgan fingerprint density at radius 1 is 1.04 bits per heavy atom. The summed E-state index contributed by atoms with van der Waals surface area (Å²) in [6.07, 6.45) is 0.791. The van der Waals surface area contributed by atoms with Crippen LogP contribution in [0.2, 0.25) is 10.0 Å². The molecule has 0 amide bonds. The molecule has 0 aliphatic heterocycles. The van der Waals surface area contributed by atoms with Crippen molar-refractivity contribution in [1.82, 2.24) is 0 Å². The zero-order chi connectivity index (χ0) is 18.2. The molecule has 0 fully saturated rings. The largest absolute Gasteiger partial charge is 0.508 e. The van der Waals surface area contributed by atoms with E-state index in [1.807, 2.05) is 0 Å². The van der Waals surface area contributed by atoms with Gasteiger partial charge in [0.25, 0.3) is 0 Å². The fourth-order valence-electron chi connectivity index (χ4n) is 1.98. The molecule has 25 heavy (non-hydrogen) atoms. The lowest BCUT2D eigenvalue weighted by Crippen LogP contribution is -2.07. The van der Waals surface area contributed by atoms with Crippen LogP contribution >= 0.6 is 23.2 Å². The lowest BCUT2D eigenvalue weighted by molar-refractivity contribution is -0.143. The first kappa shape index (κ1) is 19.2. The number of benzene rings is 2. The van der Waals surface area contributed by atoms with E-state index >= 15 is 0 Å². The molecule has 1 N–H and O–H groups in total. The molecule has 0 aliphatic rings. The average molecular weight is 385 g/mol. The van der Waals surface area contributed by atoms with Gasteiger partial charge in [-0.1, -0.05) is 23.2 Å². The highest BCUT2D eigenvalue weighted by Crippen LogP contribution is 2.40. The standard InChI is InChI=1S/C18H18Cl2O5/c1-2-23-16(22)4-3-11-24-14-9-10-15(18(20)17(14)19)25-13-7-5-12(21)6-8-13/h5-10,21H,2-4,11H2,1H3. The lowest BCUT2D eigenvalue weighted by atomic mass is 10.3. The third-order valence-corrected chi connectivity index (χ3v) is 4.01. The topological polar surface area (TPSA) is 65.0 Å². The molecule has 2 aromatic carbocycles. The van der Waals surface area contributed by atoms with Crippen molar-refractivity contribution in [3.63, 3.8) is 0 Å². The second-order valence-corrected chi connectivity index (χ2v) is 5.80. The summed E-state index contributed by atoms with van der Waals surface area (Å²) in [7, 11) is 0. The van der Waals surface area contributed by atoms with Gasteiger partial charge in [0.1, 0.15) is 33.0 Å². The quantitative estimate of drug-likeness (QED) is 0.499. The molecule has 2 rings (SSSR count). The van der Waals surface area contributed by atoms with E-state index in [4.69, 9.17) is 37.4 Å². The molecule has 5 nitrogen and oxygen atoms in total. The normalized spacial score (nSPS) is 10.4. The SMILES string of the molecule is CCOC(=O)CCCOc1ccc(Oc2ccc(O)cc2)c(Cl)c1Cl. The van der Waals surface area contributed by atoms with Crippen LogP contribution in [0.1, 0.15) is 19.8 Å². The van der Waals surface area contributed by atoms with E-state index in [0.29, 0.717) is 36.9 Å². The maximum absolute atomic E-state index is 11.3. The minimum atomic E-state index is -0.257. The molecule has 7 heteroatoms. The first-order chi connectivity index (χ1) is 12.0. The van der Waals surface area contributed by atoms with Gasteiger partial charge in [-0.3, -0.25) is 4.79 Å². The van der Waals surface area contributed by atoms with E-state index in [1.54, 1.807) is 31.2 Å². The molecule has 0 unspecified atom stereocenters. The van der Waals surface area contributed by atoms with Gasteiger partial charge < -0.3 is 19.3 Å². The zero-order valence-corrected chi connectivity index (χ0v) is 15.1. The Morgan fingerprint density at radius 2 is 1.68 bits per heavy atom. The summed E-state index contributed by atoms with van der Waals surface area (Å²) in [4.78, 5) is 11.3. The molecule has 0 heterocycles. The van der Waals surface area contributed by atoms with E-state index in [-0.39, 0.29) is 28.2 Å². The molecule has 2 aromatic rings. The molecular weight excluding hydrogens is 367 g/mol. The van der Waals surface area contributed by atoms with Crippen molar-refractivity contribution < 1.29 is 24.1 Å². The molecule has 0 aliphatic carbocycles. The van der Waals surface area contributed by atoms with Crippen molar-refractivity contribution in [3.8, 4) is 23.0 Å². The Balaban J connectivity index is 1.95. The zero-order valence-electron chi connectivity index (χ0n) is 13.6. The number of phenols is 1. The van der Waals surface area contributed by atoms with Crippen LogP contribution in [0.3, 0.4) is 0 Å². The minimum absolute atomic E-state index is 0.142. The number of carbonyl (C=O) groups is 1. The van der Waals surface area contributed by atoms with Crippen LogP contribution in [0.15, 0.2) is 36.4 Å². The van der Waals surface area contributed by atoms with Crippen molar-refractivity contribution in [3.05, 3.63) is 46.4 Å². The van der Waals surface area contributed by atoms with Crippen LogP contribution < -0.4 is 9.47 Å². The summed E-state index contributed by atoms with van der Waals surface area (Å²) >= 11 is 12.4. The minimum Gasteiger partial charge on any atom is -0.508 e. The van der Waals surface area contributed by atoms with Crippen LogP contribution in [0.25, 0.3) is 0 Å². The van der Waals surface area contributed by atoms with Crippen molar-refractivity contribution >= 4 is 29.2 Å². The number of rotatable bonds is 8. The number of hydrogen-bond donors (Lipinski definition) is 1. The summed E-state index contributed by atoms with van der Waals surface area (Å²) in [6.45, 7) is 2.44. The number of halogens is 2. The monoisotopic (exact) mass is 384 g/mol. The summed E-state index contributed by atoms with van der Waals surface area (Å²) < 4.78 is 16.0. The highest BCUT2D eigenvalue weighted by molar-refractivity contribution is 6.43. The number of esters is 1. The molecule has 0 saturated carbocycles. The summed E-state index contributed by atoms with van der Waals surface area (Å²) in [6, 6.07) is 9.52. The highest BCUT2D eigenvalue weighted by Gasteiger charge is 2.13. The van der Waals surface area contributed by atoms with Crippen LogP contribution in [0, 0.1) is 0 Å². The van der Waals surface area contributed by atoms with E-state index < -0.39 is 0 Å². The van der Waals surface area contributed by atoms with Gasteiger partial charge in [0.15, 0.2) is 0 Å². The highest BCUT2D eigenvalue weighted by atomic mass is 35.5. The molecule has 0 radical (unpaired) electrons. The number of hydrogen-bond acceptors (Lipinski definition) is 5. The predicted octanol–water partition coefficient (Wildman–Crippen LogP) is 5.21. The summed E-state index contributed by atoms with van der Waals surface area (Å²) in [5.41, 5.74) is 0. The summed E-state index contributed by atoms with van der Waals surface area (Å²) in [5, 5.41) is 9.73. The van der Waals surface area contributed by atoms with Crippen LogP contribution in [-0.2, 0) is 9.53 Å². The van der Waals surface area contributed by atoms with Crippen LogP contribution in [0.4, 0.5) is 0 Å².